The molecule has 1 aromatic rings. The minimum atomic E-state index is -0.0312. The molecule has 1 aromatic carbocycles. The molecule has 1 aliphatic rings. The Bertz CT molecular complexity index is 484. The quantitative estimate of drug-likeness (QED) is 0.486. The van der Waals surface area contributed by atoms with Gasteiger partial charge in [0, 0.05) is 12.3 Å². The first kappa shape index (κ1) is 17.8. The molecular weight excluding hydrogens is 288 g/mol. The highest BCUT2D eigenvalue weighted by Crippen LogP contribution is 2.36. The van der Waals surface area contributed by atoms with Crippen molar-refractivity contribution in [3.63, 3.8) is 0 Å². The lowest BCUT2D eigenvalue weighted by molar-refractivity contribution is -0.151. The molecule has 0 amide bonds. The standard InChI is InChI=1S/C20H30O3/c1-3-5-6-14-20(21)23-19-13-8-7-12-18(19)16-10-9-11-17(15-16)22-4-2/h9-11,15,18-19H,3-8,12-14H2,1-2H3/t18-,19+/m0/s1. The molecule has 0 heterocycles. The topological polar surface area (TPSA) is 35.5 Å². The first-order chi connectivity index (χ1) is 11.2. The van der Waals surface area contributed by atoms with E-state index < -0.39 is 0 Å². The highest BCUT2D eigenvalue weighted by atomic mass is 16.5. The lowest BCUT2D eigenvalue weighted by Crippen LogP contribution is -2.28. The van der Waals surface area contributed by atoms with Gasteiger partial charge in [-0.3, -0.25) is 4.79 Å². The second kappa shape index (κ2) is 9.59. The number of benzene rings is 1. The molecule has 2 rings (SSSR count). The zero-order valence-electron chi connectivity index (χ0n) is 14.6. The van der Waals surface area contributed by atoms with Crippen LogP contribution in [0.15, 0.2) is 24.3 Å². The van der Waals surface area contributed by atoms with E-state index in [-0.39, 0.29) is 12.1 Å². The molecule has 0 radical (unpaired) electrons. The fourth-order valence-corrected chi connectivity index (χ4v) is 3.37. The maximum atomic E-state index is 12.1. The smallest absolute Gasteiger partial charge is 0.306 e. The van der Waals surface area contributed by atoms with Crippen LogP contribution in [0.5, 0.6) is 5.75 Å². The molecule has 128 valence electrons. The molecule has 0 N–H and O–H groups in total. The van der Waals surface area contributed by atoms with Gasteiger partial charge in [0.25, 0.3) is 0 Å². The molecule has 0 aliphatic heterocycles. The van der Waals surface area contributed by atoms with Crippen LogP contribution in [0.4, 0.5) is 0 Å². The van der Waals surface area contributed by atoms with Crippen LogP contribution in [0.25, 0.3) is 0 Å². The van der Waals surface area contributed by atoms with Gasteiger partial charge in [0.05, 0.1) is 6.61 Å². The summed E-state index contributed by atoms with van der Waals surface area (Å²) in [6.07, 6.45) is 8.15. The SMILES string of the molecule is CCCCCC(=O)O[C@@H]1CCCC[C@H]1c1cccc(OCC)c1. The summed E-state index contributed by atoms with van der Waals surface area (Å²) in [5.41, 5.74) is 1.24. The number of carbonyl (C=O) groups is 1. The summed E-state index contributed by atoms with van der Waals surface area (Å²) in [5, 5.41) is 0. The highest BCUT2D eigenvalue weighted by Gasteiger charge is 2.29. The fourth-order valence-electron chi connectivity index (χ4n) is 3.37. The van der Waals surface area contributed by atoms with Gasteiger partial charge in [-0.2, -0.15) is 0 Å². The van der Waals surface area contributed by atoms with Gasteiger partial charge in [-0.1, -0.05) is 38.3 Å². The number of hydrogen-bond donors (Lipinski definition) is 0. The van der Waals surface area contributed by atoms with Crippen molar-refractivity contribution in [1.82, 2.24) is 0 Å². The maximum Gasteiger partial charge on any atom is 0.306 e. The van der Waals surface area contributed by atoms with Gasteiger partial charge in [-0.05, 0) is 50.3 Å². The second-order valence-electron chi connectivity index (χ2n) is 6.38. The van der Waals surface area contributed by atoms with Crippen LogP contribution >= 0.6 is 0 Å². The summed E-state index contributed by atoms with van der Waals surface area (Å²) in [6, 6.07) is 8.27. The minimum absolute atomic E-state index is 0.0229. The molecule has 1 aliphatic carbocycles. The van der Waals surface area contributed by atoms with Crippen molar-refractivity contribution in [2.24, 2.45) is 0 Å². The Morgan fingerprint density at radius 2 is 2.00 bits per heavy atom. The Kier molecular flexibility index (Phi) is 7.44. The average Bonchev–Trinajstić information content (AvgIpc) is 2.56. The van der Waals surface area contributed by atoms with Crippen LogP contribution in [-0.4, -0.2) is 18.7 Å². The third-order valence-electron chi connectivity index (χ3n) is 4.57. The van der Waals surface area contributed by atoms with Gasteiger partial charge < -0.3 is 9.47 Å². The van der Waals surface area contributed by atoms with E-state index in [1.165, 1.54) is 12.0 Å². The summed E-state index contributed by atoms with van der Waals surface area (Å²) in [6.45, 7) is 4.81. The van der Waals surface area contributed by atoms with E-state index in [2.05, 4.69) is 19.1 Å². The van der Waals surface area contributed by atoms with Crippen molar-refractivity contribution >= 4 is 5.97 Å². The summed E-state index contributed by atoms with van der Waals surface area (Å²) in [4.78, 5) is 12.1. The molecule has 0 aromatic heterocycles. The predicted octanol–water partition coefficient (Wildman–Crippen LogP) is 5.24. The molecule has 0 bridgehead atoms. The molecule has 3 heteroatoms. The normalized spacial score (nSPS) is 21.0. The first-order valence-corrected chi connectivity index (χ1v) is 9.16. The predicted molar refractivity (Wildman–Crippen MR) is 92.8 cm³/mol. The largest absolute Gasteiger partial charge is 0.494 e. The van der Waals surface area contributed by atoms with Crippen LogP contribution in [0.3, 0.4) is 0 Å². The van der Waals surface area contributed by atoms with Crippen LogP contribution in [0, 0.1) is 0 Å². The van der Waals surface area contributed by atoms with Gasteiger partial charge >= 0.3 is 5.97 Å². The highest BCUT2D eigenvalue weighted by molar-refractivity contribution is 5.69. The van der Waals surface area contributed by atoms with Gasteiger partial charge in [0.1, 0.15) is 11.9 Å². The van der Waals surface area contributed by atoms with E-state index in [0.29, 0.717) is 18.9 Å². The molecule has 1 saturated carbocycles. The molecule has 0 spiro atoms. The number of hydrogen-bond acceptors (Lipinski definition) is 3. The number of carbonyl (C=O) groups excluding carboxylic acids is 1. The van der Waals surface area contributed by atoms with Crippen molar-refractivity contribution in [3.8, 4) is 5.75 Å². The molecule has 3 nitrogen and oxygen atoms in total. The molecule has 2 atom stereocenters. The number of rotatable bonds is 8. The Morgan fingerprint density at radius 1 is 1.17 bits per heavy atom. The Balaban J connectivity index is 2.00. The van der Waals surface area contributed by atoms with Crippen LogP contribution in [0.1, 0.15) is 76.7 Å². The molecule has 23 heavy (non-hydrogen) atoms. The monoisotopic (exact) mass is 318 g/mol. The van der Waals surface area contributed by atoms with E-state index in [4.69, 9.17) is 9.47 Å². The van der Waals surface area contributed by atoms with Crippen molar-refractivity contribution in [1.29, 1.82) is 0 Å². The molecular formula is C20H30O3. The summed E-state index contributed by atoms with van der Waals surface area (Å²) < 4.78 is 11.4. The van der Waals surface area contributed by atoms with Crippen LogP contribution in [-0.2, 0) is 9.53 Å². The molecule has 0 unspecified atom stereocenters. The third kappa shape index (κ3) is 5.56. The van der Waals surface area contributed by atoms with E-state index in [1.54, 1.807) is 0 Å². The zero-order valence-corrected chi connectivity index (χ0v) is 14.6. The van der Waals surface area contributed by atoms with Gasteiger partial charge in [-0.25, -0.2) is 0 Å². The Hall–Kier alpha value is -1.51. The van der Waals surface area contributed by atoms with E-state index in [9.17, 15) is 4.79 Å². The average molecular weight is 318 g/mol. The van der Waals surface area contributed by atoms with Crippen molar-refractivity contribution in [3.05, 3.63) is 29.8 Å². The van der Waals surface area contributed by atoms with Gasteiger partial charge in [0.15, 0.2) is 0 Å². The summed E-state index contributed by atoms with van der Waals surface area (Å²) in [7, 11) is 0. The first-order valence-electron chi connectivity index (χ1n) is 9.16. The van der Waals surface area contributed by atoms with Crippen LogP contribution < -0.4 is 4.74 Å². The third-order valence-corrected chi connectivity index (χ3v) is 4.57. The molecule has 1 fully saturated rings. The lowest BCUT2D eigenvalue weighted by atomic mass is 9.81. The number of ether oxygens (including phenoxy) is 2. The Labute approximate surface area is 140 Å². The summed E-state index contributed by atoms with van der Waals surface area (Å²) >= 11 is 0. The maximum absolute atomic E-state index is 12.1. The van der Waals surface area contributed by atoms with E-state index >= 15 is 0 Å². The lowest BCUT2D eigenvalue weighted by Gasteiger charge is -2.31. The van der Waals surface area contributed by atoms with Crippen molar-refractivity contribution in [2.45, 2.75) is 77.2 Å². The van der Waals surface area contributed by atoms with Crippen molar-refractivity contribution < 1.29 is 14.3 Å². The molecule has 0 saturated heterocycles. The number of esters is 1. The second-order valence-corrected chi connectivity index (χ2v) is 6.38. The number of unbranched alkanes of at least 4 members (excludes halogenated alkanes) is 2. The fraction of sp³-hybridized carbons (Fsp3) is 0.650. The zero-order chi connectivity index (χ0) is 16.5. The van der Waals surface area contributed by atoms with Gasteiger partial charge in [-0.15, -0.1) is 0 Å². The van der Waals surface area contributed by atoms with Crippen LogP contribution in [0.2, 0.25) is 0 Å². The summed E-state index contributed by atoms with van der Waals surface area (Å²) in [5.74, 6) is 1.18. The van der Waals surface area contributed by atoms with E-state index in [1.807, 2.05) is 19.1 Å². The van der Waals surface area contributed by atoms with Crippen molar-refractivity contribution in [2.75, 3.05) is 6.61 Å². The Morgan fingerprint density at radius 3 is 2.78 bits per heavy atom. The van der Waals surface area contributed by atoms with Gasteiger partial charge in [0.2, 0.25) is 0 Å². The van der Waals surface area contributed by atoms with E-state index in [0.717, 1.165) is 44.3 Å². The minimum Gasteiger partial charge on any atom is -0.494 e.